The molecule has 0 fully saturated rings. The van der Waals surface area contributed by atoms with Crippen LogP contribution >= 0.6 is 0 Å². The second-order valence-corrected chi connectivity index (χ2v) is 3.96. The third-order valence-corrected chi connectivity index (χ3v) is 2.53. The summed E-state index contributed by atoms with van der Waals surface area (Å²) in [6, 6.07) is 4.67. The van der Waals surface area contributed by atoms with Crippen LogP contribution in [0.25, 0.3) is 0 Å². The van der Waals surface area contributed by atoms with Gasteiger partial charge in [-0.2, -0.15) is 0 Å². The van der Waals surface area contributed by atoms with Gasteiger partial charge in [-0.1, -0.05) is 6.92 Å². The molecule has 5 heteroatoms. The normalized spacial score (nSPS) is 11.9. The molecule has 5 nitrogen and oxygen atoms in total. The molecule has 1 atom stereocenters. The van der Waals surface area contributed by atoms with Gasteiger partial charge in [0.25, 0.3) is 0 Å². The largest absolute Gasteiger partial charge is 0.478 e. The topological polar surface area (TPSA) is 92.4 Å². The third kappa shape index (κ3) is 3.29. The maximum absolute atomic E-state index is 11.6. The van der Waals surface area contributed by atoms with E-state index in [-0.39, 0.29) is 23.9 Å². The van der Waals surface area contributed by atoms with E-state index in [0.717, 1.165) is 0 Å². The van der Waals surface area contributed by atoms with Crippen LogP contribution in [0.15, 0.2) is 18.2 Å². The molecule has 0 aliphatic heterocycles. The Morgan fingerprint density at radius 3 is 2.59 bits per heavy atom. The predicted molar refractivity (Wildman–Crippen MR) is 65.0 cm³/mol. The summed E-state index contributed by atoms with van der Waals surface area (Å²) in [5, 5.41) is 11.5. The number of carboxylic acids is 1. The van der Waals surface area contributed by atoms with Gasteiger partial charge in [0.05, 0.1) is 5.56 Å². The van der Waals surface area contributed by atoms with Crippen LogP contribution in [-0.2, 0) is 4.79 Å². The molecular weight excluding hydrogens is 220 g/mol. The zero-order valence-electron chi connectivity index (χ0n) is 9.86. The Bertz CT molecular complexity index is 443. The van der Waals surface area contributed by atoms with Crippen molar-refractivity contribution in [3.05, 3.63) is 29.3 Å². The van der Waals surface area contributed by atoms with Gasteiger partial charge in [0, 0.05) is 18.2 Å². The highest BCUT2D eigenvalue weighted by atomic mass is 16.4. The molecule has 17 heavy (non-hydrogen) atoms. The third-order valence-electron chi connectivity index (χ3n) is 2.53. The summed E-state index contributed by atoms with van der Waals surface area (Å²) < 4.78 is 0. The van der Waals surface area contributed by atoms with Gasteiger partial charge < -0.3 is 16.2 Å². The molecule has 1 aromatic carbocycles. The number of hydrogen-bond donors (Lipinski definition) is 3. The van der Waals surface area contributed by atoms with E-state index in [1.54, 1.807) is 26.0 Å². The number of aromatic carboxylic acids is 1. The van der Waals surface area contributed by atoms with Gasteiger partial charge in [-0.15, -0.1) is 0 Å². The Labute approximate surface area is 99.6 Å². The number of amides is 1. The SMILES string of the molecule is Cc1cc(NC(=O)C(C)CN)ccc1C(=O)O. The highest BCUT2D eigenvalue weighted by molar-refractivity contribution is 5.94. The number of benzene rings is 1. The number of aryl methyl sites for hydroxylation is 1. The van der Waals surface area contributed by atoms with Crippen molar-refractivity contribution in [3.63, 3.8) is 0 Å². The molecule has 1 rings (SSSR count). The summed E-state index contributed by atoms with van der Waals surface area (Å²) in [6.07, 6.45) is 0. The van der Waals surface area contributed by atoms with E-state index >= 15 is 0 Å². The molecular formula is C12H16N2O3. The predicted octanol–water partition coefficient (Wildman–Crippen LogP) is 1.23. The number of carbonyl (C=O) groups excluding carboxylic acids is 1. The molecule has 0 spiro atoms. The smallest absolute Gasteiger partial charge is 0.335 e. The van der Waals surface area contributed by atoms with Crippen LogP contribution in [-0.4, -0.2) is 23.5 Å². The standard InChI is InChI=1S/C12H16N2O3/c1-7-5-9(3-4-10(7)12(16)17)14-11(15)8(2)6-13/h3-5,8H,6,13H2,1-2H3,(H,14,15)(H,16,17). The first-order chi connectivity index (χ1) is 7.95. The van der Waals surface area contributed by atoms with Gasteiger partial charge in [0.15, 0.2) is 0 Å². The van der Waals surface area contributed by atoms with Crippen molar-refractivity contribution in [1.29, 1.82) is 0 Å². The lowest BCUT2D eigenvalue weighted by Crippen LogP contribution is -2.26. The highest BCUT2D eigenvalue weighted by Crippen LogP contribution is 2.15. The van der Waals surface area contributed by atoms with Gasteiger partial charge in [-0.05, 0) is 30.7 Å². The zero-order valence-corrected chi connectivity index (χ0v) is 9.86. The Kier molecular flexibility index (Phi) is 4.23. The van der Waals surface area contributed by atoms with E-state index < -0.39 is 5.97 Å². The van der Waals surface area contributed by atoms with Gasteiger partial charge in [0.2, 0.25) is 5.91 Å². The summed E-state index contributed by atoms with van der Waals surface area (Å²) in [5.74, 6) is -1.42. The van der Waals surface area contributed by atoms with Crippen molar-refractivity contribution in [3.8, 4) is 0 Å². The lowest BCUT2D eigenvalue weighted by molar-refractivity contribution is -0.119. The van der Waals surface area contributed by atoms with E-state index in [2.05, 4.69) is 5.32 Å². The fourth-order valence-electron chi connectivity index (χ4n) is 1.35. The van der Waals surface area contributed by atoms with E-state index in [0.29, 0.717) is 11.3 Å². The molecule has 0 aromatic heterocycles. The maximum Gasteiger partial charge on any atom is 0.335 e. The van der Waals surface area contributed by atoms with Gasteiger partial charge in [0.1, 0.15) is 0 Å². The van der Waals surface area contributed by atoms with E-state index in [1.165, 1.54) is 6.07 Å². The van der Waals surface area contributed by atoms with E-state index in [1.807, 2.05) is 0 Å². The number of carboxylic acid groups (broad SMARTS) is 1. The van der Waals surface area contributed by atoms with Crippen molar-refractivity contribution in [2.75, 3.05) is 11.9 Å². The van der Waals surface area contributed by atoms with Gasteiger partial charge in [-0.25, -0.2) is 4.79 Å². The second-order valence-electron chi connectivity index (χ2n) is 3.96. The molecule has 0 heterocycles. The van der Waals surface area contributed by atoms with Crippen LogP contribution in [0.3, 0.4) is 0 Å². The van der Waals surface area contributed by atoms with Crippen molar-refractivity contribution in [1.82, 2.24) is 0 Å². The molecule has 0 aliphatic carbocycles. The molecule has 4 N–H and O–H groups in total. The first-order valence-electron chi connectivity index (χ1n) is 5.30. The van der Waals surface area contributed by atoms with Crippen LogP contribution in [0.4, 0.5) is 5.69 Å². The van der Waals surface area contributed by atoms with Crippen LogP contribution in [0.5, 0.6) is 0 Å². The number of nitrogens with one attached hydrogen (secondary N) is 1. The lowest BCUT2D eigenvalue weighted by atomic mass is 10.1. The number of anilines is 1. The maximum atomic E-state index is 11.6. The fourth-order valence-corrected chi connectivity index (χ4v) is 1.35. The Morgan fingerprint density at radius 2 is 2.12 bits per heavy atom. The summed E-state index contributed by atoms with van der Waals surface area (Å²) in [5.41, 5.74) is 6.80. The number of nitrogens with two attached hydrogens (primary N) is 1. The molecule has 0 bridgehead atoms. The van der Waals surface area contributed by atoms with Crippen LogP contribution < -0.4 is 11.1 Å². The molecule has 1 amide bonds. The molecule has 92 valence electrons. The molecule has 1 unspecified atom stereocenters. The Hall–Kier alpha value is -1.88. The van der Waals surface area contributed by atoms with Crippen molar-refractivity contribution < 1.29 is 14.7 Å². The average molecular weight is 236 g/mol. The number of carbonyl (C=O) groups is 2. The molecule has 1 aromatic rings. The fraction of sp³-hybridized carbons (Fsp3) is 0.333. The number of rotatable bonds is 4. The first kappa shape index (κ1) is 13.2. The average Bonchev–Trinajstić information content (AvgIpc) is 2.27. The minimum atomic E-state index is -0.976. The van der Waals surface area contributed by atoms with Gasteiger partial charge in [-0.3, -0.25) is 4.79 Å². The highest BCUT2D eigenvalue weighted by Gasteiger charge is 2.12. The minimum Gasteiger partial charge on any atom is -0.478 e. The Balaban J connectivity index is 2.84. The molecule has 0 aliphatic rings. The lowest BCUT2D eigenvalue weighted by Gasteiger charge is -2.11. The van der Waals surface area contributed by atoms with Crippen LogP contribution in [0.2, 0.25) is 0 Å². The zero-order chi connectivity index (χ0) is 13.0. The minimum absolute atomic E-state index is 0.171. The van der Waals surface area contributed by atoms with E-state index in [9.17, 15) is 9.59 Å². The molecule has 0 radical (unpaired) electrons. The quantitative estimate of drug-likeness (QED) is 0.733. The monoisotopic (exact) mass is 236 g/mol. The summed E-state index contributed by atoms with van der Waals surface area (Å²) in [6.45, 7) is 3.69. The first-order valence-corrected chi connectivity index (χ1v) is 5.30. The summed E-state index contributed by atoms with van der Waals surface area (Å²) >= 11 is 0. The van der Waals surface area contributed by atoms with Crippen molar-refractivity contribution in [2.24, 2.45) is 11.7 Å². The van der Waals surface area contributed by atoms with Gasteiger partial charge >= 0.3 is 5.97 Å². The van der Waals surface area contributed by atoms with Crippen molar-refractivity contribution >= 4 is 17.6 Å². The van der Waals surface area contributed by atoms with E-state index in [4.69, 9.17) is 10.8 Å². The van der Waals surface area contributed by atoms with Crippen LogP contribution in [0, 0.1) is 12.8 Å². The number of hydrogen-bond acceptors (Lipinski definition) is 3. The molecule has 0 saturated heterocycles. The summed E-state index contributed by atoms with van der Waals surface area (Å²) in [7, 11) is 0. The Morgan fingerprint density at radius 1 is 1.47 bits per heavy atom. The van der Waals surface area contributed by atoms with Crippen molar-refractivity contribution in [2.45, 2.75) is 13.8 Å². The summed E-state index contributed by atoms with van der Waals surface area (Å²) in [4.78, 5) is 22.4. The second kappa shape index (κ2) is 5.45. The van der Waals surface area contributed by atoms with Crippen LogP contribution in [0.1, 0.15) is 22.8 Å². The molecule has 0 saturated carbocycles.